The van der Waals surface area contributed by atoms with Gasteiger partial charge in [0, 0.05) is 18.2 Å². The van der Waals surface area contributed by atoms with E-state index >= 15 is 0 Å². The van der Waals surface area contributed by atoms with Gasteiger partial charge in [-0.15, -0.1) is 6.42 Å². The van der Waals surface area contributed by atoms with Gasteiger partial charge in [-0.05, 0) is 19.3 Å². The van der Waals surface area contributed by atoms with Gasteiger partial charge in [0.2, 0.25) is 5.72 Å². The number of nitrogens with zero attached hydrogens (tertiary/aromatic N) is 1. The van der Waals surface area contributed by atoms with Crippen LogP contribution in [-0.2, 0) is 10.5 Å². The van der Waals surface area contributed by atoms with E-state index in [1.165, 1.54) is 10.8 Å². The molecule has 1 aromatic rings. The number of aryl methyl sites for hydroxylation is 1. The molecule has 18 heavy (non-hydrogen) atoms. The van der Waals surface area contributed by atoms with Crippen LogP contribution in [0.3, 0.4) is 0 Å². The SMILES string of the molecule is C#CC1(n2cc(C)c(=O)[nH]c2=O)CCC(CO)O1. The van der Waals surface area contributed by atoms with E-state index in [2.05, 4.69) is 10.9 Å². The van der Waals surface area contributed by atoms with Crippen molar-refractivity contribution in [3.8, 4) is 12.3 Å². The lowest BCUT2D eigenvalue weighted by Crippen LogP contribution is -2.44. The van der Waals surface area contributed by atoms with E-state index in [1.807, 2.05) is 0 Å². The fourth-order valence-electron chi connectivity index (χ4n) is 2.07. The van der Waals surface area contributed by atoms with Crippen molar-refractivity contribution in [2.24, 2.45) is 0 Å². The Morgan fingerprint density at radius 3 is 3.00 bits per heavy atom. The van der Waals surface area contributed by atoms with Gasteiger partial charge in [0.05, 0.1) is 12.7 Å². The molecule has 6 nitrogen and oxygen atoms in total. The first-order valence-corrected chi connectivity index (χ1v) is 5.62. The number of aromatic nitrogens is 2. The average Bonchev–Trinajstić information content (AvgIpc) is 2.78. The molecule has 0 aromatic carbocycles. The molecule has 2 N–H and O–H groups in total. The zero-order chi connectivity index (χ0) is 13.3. The van der Waals surface area contributed by atoms with Crippen molar-refractivity contribution < 1.29 is 9.84 Å². The molecular weight excluding hydrogens is 236 g/mol. The van der Waals surface area contributed by atoms with E-state index in [-0.39, 0.29) is 12.7 Å². The molecule has 0 saturated carbocycles. The first kappa shape index (κ1) is 12.6. The average molecular weight is 250 g/mol. The van der Waals surface area contributed by atoms with Crippen LogP contribution in [-0.4, -0.2) is 27.4 Å². The lowest BCUT2D eigenvalue weighted by molar-refractivity contribution is -0.0727. The normalized spacial score (nSPS) is 27.1. The minimum Gasteiger partial charge on any atom is -0.394 e. The number of aromatic amines is 1. The minimum atomic E-state index is -1.22. The third kappa shape index (κ3) is 1.88. The van der Waals surface area contributed by atoms with Crippen molar-refractivity contribution >= 4 is 0 Å². The lowest BCUT2D eigenvalue weighted by Gasteiger charge is -2.25. The van der Waals surface area contributed by atoms with Gasteiger partial charge in [-0.3, -0.25) is 14.3 Å². The molecule has 2 heterocycles. The van der Waals surface area contributed by atoms with Crippen molar-refractivity contribution in [1.29, 1.82) is 0 Å². The molecule has 0 aliphatic carbocycles. The third-order valence-electron chi connectivity index (χ3n) is 3.11. The summed E-state index contributed by atoms with van der Waals surface area (Å²) in [6, 6.07) is 0. The van der Waals surface area contributed by atoms with Crippen LogP contribution >= 0.6 is 0 Å². The summed E-state index contributed by atoms with van der Waals surface area (Å²) in [5.41, 5.74) is -1.90. The number of H-pyrrole nitrogens is 1. The standard InChI is InChI=1S/C12H14N2O4/c1-3-12(5-4-9(7-15)18-12)14-6-8(2)10(16)13-11(14)17/h1,6,9,15H,4-5,7H2,2H3,(H,13,16,17). The highest BCUT2D eigenvalue weighted by Crippen LogP contribution is 2.33. The molecule has 1 saturated heterocycles. The Bertz CT molecular complexity index is 610. The maximum Gasteiger partial charge on any atom is 0.331 e. The van der Waals surface area contributed by atoms with Crippen molar-refractivity contribution in [3.05, 3.63) is 32.6 Å². The lowest BCUT2D eigenvalue weighted by atomic mass is 10.1. The molecule has 0 bridgehead atoms. The number of ether oxygens (including phenoxy) is 1. The Morgan fingerprint density at radius 2 is 2.44 bits per heavy atom. The number of aliphatic hydroxyl groups is 1. The second-order valence-electron chi connectivity index (χ2n) is 4.33. The zero-order valence-electron chi connectivity index (χ0n) is 9.97. The summed E-state index contributed by atoms with van der Waals surface area (Å²) >= 11 is 0. The fourth-order valence-corrected chi connectivity index (χ4v) is 2.07. The molecule has 0 radical (unpaired) electrons. The van der Waals surface area contributed by atoms with Gasteiger partial charge in [-0.1, -0.05) is 0 Å². The van der Waals surface area contributed by atoms with E-state index in [4.69, 9.17) is 16.3 Å². The Hall–Kier alpha value is -1.84. The van der Waals surface area contributed by atoms with E-state index in [9.17, 15) is 9.59 Å². The Labute approximate surface area is 103 Å². The Morgan fingerprint density at radius 1 is 1.72 bits per heavy atom. The summed E-state index contributed by atoms with van der Waals surface area (Å²) in [6.07, 6.45) is 7.44. The number of hydrogen-bond acceptors (Lipinski definition) is 4. The fraction of sp³-hybridized carbons (Fsp3) is 0.500. The number of hydrogen-bond donors (Lipinski definition) is 2. The third-order valence-corrected chi connectivity index (χ3v) is 3.11. The van der Waals surface area contributed by atoms with Crippen LogP contribution in [0.2, 0.25) is 0 Å². The smallest absolute Gasteiger partial charge is 0.331 e. The Balaban J connectivity index is 2.54. The topological polar surface area (TPSA) is 84.3 Å². The van der Waals surface area contributed by atoms with E-state index < -0.39 is 17.0 Å². The highest BCUT2D eigenvalue weighted by molar-refractivity contribution is 5.12. The summed E-state index contributed by atoms with van der Waals surface area (Å²) in [5, 5.41) is 9.07. The van der Waals surface area contributed by atoms with Gasteiger partial charge in [-0.25, -0.2) is 4.79 Å². The van der Waals surface area contributed by atoms with Crippen LogP contribution in [0.5, 0.6) is 0 Å². The highest BCUT2D eigenvalue weighted by atomic mass is 16.5. The molecule has 1 aliphatic rings. The van der Waals surface area contributed by atoms with E-state index in [0.717, 1.165) is 0 Å². The predicted molar refractivity (Wildman–Crippen MR) is 64.1 cm³/mol. The van der Waals surface area contributed by atoms with Crippen molar-refractivity contribution in [2.45, 2.75) is 31.6 Å². The zero-order valence-corrected chi connectivity index (χ0v) is 9.97. The molecule has 0 spiro atoms. The van der Waals surface area contributed by atoms with Crippen LogP contribution in [0.15, 0.2) is 15.8 Å². The number of nitrogens with one attached hydrogen (secondary N) is 1. The predicted octanol–water partition coefficient (Wildman–Crippen LogP) is -0.698. The second kappa shape index (κ2) is 4.44. The summed E-state index contributed by atoms with van der Waals surface area (Å²) in [4.78, 5) is 25.3. The number of rotatable bonds is 2. The molecule has 96 valence electrons. The highest BCUT2D eigenvalue weighted by Gasteiger charge is 2.41. The van der Waals surface area contributed by atoms with Gasteiger partial charge in [-0.2, -0.15) is 0 Å². The van der Waals surface area contributed by atoms with Gasteiger partial charge in [0.15, 0.2) is 0 Å². The summed E-state index contributed by atoms with van der Waals surface area (Å²) < 4.78 is 6.77. The van der Waals surface area contributed by atoms with E-state index in [0.29, 0.717) is 18.4 Å². The van der Waals surface area contributed by atoms with Crippen LogP contribution in [0.25, 0.3) is 0 Å². The molecule has 1 aromatic heterocycles. The van der Waals surface area contributed by atoms with Crippen LogP contribution in [0.4, 0.5) is 0 Å². The second-order valence-corrected chi connectivity index (χ2v) is 4.33. The Kier molecular flexibility index (Phi) is 3.11. The first-order chi connectivity index (χ1) is 8.52. The molecule has 2 unspecified atom stereocenters. The van der Waals surface area contributed by atoms with Gasteiger partial charge >= 0.3 is 5.69 Å². The summed E-state index contributed by atoms with van der Waals surface area (Å²) in [7, 11) is 0. The van der Waals surface area contributed by atoms with Gasteiger partial charge < -0.3 is 9.84 Å². The minimum absolute atomic E-state index is 0.152. The van der Waals surface area contributed by atoms with Gasteiger partial charge in [0.1, 0.15) is 0 Å². The molecule has 1 aliphatic heterocycles. The van der Waals surface area contributed by atoms with Crippen LogP contribution < -0.4 is 11.2 Å². The largest absolute Gasteiger partial charge is 0.394 e. The molecule has 2 atom stereocenters. The molecule has 1 fully saturated rings. The molecule has 6 heteroatoms. The summed E-state index contributed by atoms with van der Waals surface area (Å²) in [6.45, 7) is 1.43. The maximum absolute atomic E-state index is 11.8. The van der Waals surface area contributed by atoms with Crippen molar-refractivity contribution in [2.75, 3.05) is 6.61 Å². The first-order valence-electron chi connectivity index (χ1n) is 5.62. The molecule has 2 rings (SSSR count). The number of terminal acetylenes is 1. The monoisotopic (exact) mass is 250 g/mol. The van der Waals surface area contributed by atoms with Gasteiger partial charge in [0.25, 0.3) is 5.56 Å². The van der Waals surface area contributed by atoms with Crippen LogP contribution in [0.1, 0.15) is 18.4 Å². The van der Waals surface area contributed by atoms with E-state index in [1.54, 1.807) is 6.92 Å². The van der Waals surface area contributed by atoms with Crippen LogP contribution in [0, 0.1) is 19.3 Å². The molecular formula is C12H14N2O4. The summed E-state index contributed by atoms with van der Waals surface area (Å²) in [5.74, 6) is 2.45. The quantitative estimate of drug-likeness (QED) is 0.680. The maximum atomic E-state index is 11.8. The van der Waals surface area contributed by atoms with Crippen molar-refractivity contribution in [1.82, 2.24) is 9.55 Å². The molecule has 0 amide bonds. The van der Waals surface area contributed by atoms with Crippen molar-refractivity contribution in [3.63, 3.8) is 0 Å². The number of aliphatic hydroxyl groups excluding tert-OH is 1.